The topological polar surface area (TPSA) is 88.0 Å². The van der Waals surface area contributed by atoms with Gasteiger partial charge in [0.05, 0.1) is 6.04 Å². The minimum absolute atomic E-state index is 0.0653. The Kier molecular flexibility index (Phi) is 2.71. The first-order valence-electron chi connectivity index (χ1n) is 5.85. The van der Waals surface area contributed by atoms with Crippen molar-refractivity contribution in [1.29, 1.82) is 0 Å². The lowest BCUT2D eigenvalue weighted by atomic mass is 10.1. The fraction of sp³-hybridized carbons (Fsp3) is 0.167. The summed E-state index contributed by atoms with van der Waals surface area (Å²) in [6, 6.07) is 7.44. The molecule has 0 aliphatic carbocycles. The van der Waals surface area contributed by atoms with Crippen molar-refractivity contribution < 1.29 is 0 Å². The van der Waals surface area contributed by atoms with Crippen molar-refractivity contribution in [3.05, 3.63) is 52.7 Å². The third-order valence-corrected chi connectivity index (χ3v) is 2.84. The maximum absolute atomic E-state index is 11.4. The summed E-state index contributed by atoms with van der Waals surface area (Å²) in [7, 11) is 0. The molecular formula is C12H12N6O. The van der Waals surface area contributed by atoms with Gasteiger partial charge in [0, 0.05) is 12.4 Å². The zero-order valence-corrected chi connectivity index (χ0v) is 10.2. The summed E-state index contributed by atoms with van der Waals surface area (Å²) in [6.07, 6.45) is 3.48. The summed E-state index contributed by atoms with van der Waals surface area (Å²) in [6.45, 7) is 2.01. The molecule has 3 aromatic heterocycles. The molecule has 1 unspecified atom stereocenters. The third kappa shape index (κ3) is 2.17. The zero-order chi connectivity index (χ0) is 13.2. The van der Waals surface area contributed by atoms with Crippen molar-refractivity contribution in [2.24, 2.45) is 0 Å². The normalized spacial score (nSPS) is 12.5. The highest BCUT2D eigenvalue weighted by Gasteiger charge is 2.07. The minimum atomic E-state index is -0.352. The van der Waals surface area contributed by atoms with Crippen LogP contribution in [0.5, 0.6) is 0 Å². The fourth-order valence-corrected chi connectivity index (χ4v) is 1.84. The average Bonchev–Trinajstić information content (AvgIpc) is 2.81. The van der Waals surface area contributed by atoms with Gasteiger partial charge in [-0.25, -0.2) is 9.89 Å². The molecule has 0 fully saturated rings. The highest BCUT2D eigenvalue weighted by molar-refractivity contribution is 5.44. The minimum Gasteiger partial charge on any atom is -0.362 e. The van der Waals surface area contributed by atoms with E-state index in [1.807, 2.05) is 19.1 Å². The number of rotatable bonds is 3. The van der Waals surface area contributed by atoms with Gasteiger partial charge in [0.1, 0.15) is 5.82 Å². The summed E-state index contributed by atoms with van der Waals surface area (Å²) in [4.78, 5) is 15.4. The Balaban J connectivity index is 1.89. The molecule has 7 heteroatoms. The Morgan fingerprint density at radius 1 is 1.26 bits per heavy atom. The second kappa shape index (κ2) is 4.52. The van der Waals surface area contributed by atoms with E-state index in [0.717, 1.165) is 5.56 Å². The van der Waals surface area contributed by atoms with Crippen LogP contribution >= 0.6 is 0 Å². The Morgan fingerprint density at radius 2 is 2.05 bits per heavy atom. The van der Waals surface area contributed by atoms with Gasteiger partial charge in [-0.2, -0.15) is 9.61 Å². The van der Waals surface area contributed by atoms with Crippen LogP contribution in [0, 0.1) is 0 Å². The van der Waals surface area contributed by atoms with Gasteiger partial charge < -0.3 is 5.32 Å². The number of H-pyrrole nitrogens is 1. The van der Waals surface area contributed by atoms with Crippen LogP contribution < -0.4 is 11.0 Å². The van der Waals surface area contributed by atoms with E-state index in [2.05, 4.69) is 25.6 Å². The zero-order valence-electron chi connectivity index (χ0n) is 10.2. The molecule has 0 radical (unpaired) electrons. The maximum Gasteiger partial charge on any atom is 0.364 e. The van der Waals surface area contributed by atoms with Crippen LogP contribution in [-0.4, -0.2) is 24.8 Å². The molecule has 0 saturated heterocycles. The first-order chi connectivity index (χ1) is 9.24. The number of fused-ring (bicyclic) bond motifs is 1. The Morgan fingerprint density at radius 3 is 2.84 bits per heavy atom. The van der Waals surface area contributed by atoms with E-state index < -0.39 is 0 Å². The SMILES string of the molecule is CC(Nc1ccc2n[nH]c(=O)n2n1)c1ccncc1. The van der Waals surface area contributed by atoms with E-state index >= 15 is 0 Å². The first kappa shape index (κ1) is 11.4. The van der Waals surface area contributed by atoms with Gasteiger partial charge in [0.15, 0.2) is 5.65 Å². The van der Waals surface area contributed by atoms with Crippen molar-refractivity contribution in [3.63, 3.8) is 0 Å². The number of hydrogen-bond donors (Lipinski definition) is 2. The second-order valence-electron chi connectivity index (χ2n) is 4.16. The summed E-state index contributed by atoms with van der Waals surface area (Å²) in [5, 5.41) is 13.6. The molecule has 0 spiro atoms. The predicted octanol–water partition coefficient (Wildman–Crippen LogP) is 0.986. The number of hydrogen-bond acceptors (Lipinski definition) is 5. The lowest BCUT2D eigenvalue weighted by Crippen LogP contribution is -2.15. The van der Waals surface area contributed by atoms with Gasteiger partial charge in [-0.1, -0.05) is 0 Å². The van der Waals surface area contributed by atoms with Gasteiger partial charge in [-0.15, -0.1) is 5.10 Å². The van der Waals surface area contributed by atoms with Crippen LogP contribution in [0.3, 0.4) is 0 Å². The highest BCUT2D eigenvalue weighted by Crippen LogP contribution is 2.16. The largest absolute Gasteiger partial charge is 0.364 e. The van der Waals surface area contributed by atoms with E-state index in [9.17, 15) is 4.79 Å². The lowest BCUT2D eigenvalue weighted by molar-refractivity contribution is 0.829. The number of aromatic nitrogens is 5. The van der Waals surface area contributed by atoms with Crippen LogP contribution in [0.2, 0.25) is 0 Å². The molecule has 19 heavy (non-hydrogen) atoms. The van der Waals surface area contributed by atoms with E-state index in [0.29, 0.717) is 11.5 Å². The van der Waals surface area contributed by atoms with Crippen LogP contribution in [0.4, 0.5) is 5.82 Å². The van der Waals surface area contributed by atoms with Crippen LogP contribution in [0.15, 0.2) is 41.5 Å². The molecule has 2 N–H and O–H groups in total. The standard InChI is InChI=1S/C12H12N6O/c1-8(9-4-6-13-7-5-9)14-10-2-3-11-15-16-12(19)18(11)17-10/h2-8H,1H3,(H,14,17)(H,16,19). The molecule has 0 bridgehead atoms. The van der Waals surface area contributed by atoms with Crippen LogP contribution in [-0.2, 0) is 0 Å². The van der Waals surface area contributed by atoms with Crippen molar-refractivity contribution in [2.45, 2.75) is 13.0 Å². The average molecular weight is 256 g/mol. The maximum atomic E-state index is 11.4. The highest BCUT2D eigenvalue weighted by atomic mass is 16.2. The molecular weight excluding hydrogens is 244 g/mol. The monoisotopic (exact) mass is 256 g/mol. The lowest BCUT2D eigenvalue weighted by Gasteiger charge is -2.14. The van der Waals surface area contributed by atoms with Gasteiger partial charge in [-0.3, -0.25) is 4.98 Å². The molecule has 0 saturated carbocycles. The molecule has 0 aromatic carbocycles. The summed E-state index contributed by atoms with van der Waals surface area (Å²) < 4.78 is 1.22. The summed E-state index contributed by atoms with van der Waals surface area (Å²) in [5.41, 5.74) is 1.23. The first-order valence-corrected chi connectivity index (χ1v) is 5.85. The van der Waals surface area contributed by atoms with E-state index in [1.54, 1.807) is 24.5 Å². The Hall–Kier alpha value is -2.70. The second-order valence-corrected chi connectivity index (χ2v) is 4.16. The van der Waals surface area contributed by atoms with Crippen molar-refractivity contribution in [2.75, 3.05) is 5.32 Å². The van der Waals surface area contributed by atoms with Crippen LogP contribution in [0.1, 0.15) is 18.5 Å². The molecule has 0 amide bonds. The Bertz CT molecular complexity index is 748. The molecule has 3 rings (SSSR count). The molecule has 1 atom stereocenters. The summed E-state index contributed by atoms with van der Waals surface area (Å²) in [5.74, 6) is 0.611. The van der Waals surface area contributed by atoms with Crippen molar-refractivity contribution in [3.8, 4) is 0 Å². The number of pyridine rings is 1. The van der Waals surface area contributed by atoms with E-state index in [1.165, 1.54) is 4.52 Å². The van der Waals surface area contributed by atoms with Gasteiger partial charge in [-0.05, 0) is 36.8 Å². The third-order valence-electron chi connectivity index (χ3n) is 2.84. The van der Waals surface area contributed by atoms with Gasteiger partial charge in [0.25, 0.3) is 0 Å². The smallest absolute Gasteiger partial charge is 0.362 e. The quantitative estimate of drug-likeness (QED) is 0.729. The van der Waals surface area contributed by atoms with Gasteiger partial charge >= 0.3 is 5.69 Å². The van der Waals surface area contributed by atoms with Crippen molar-refractivity contribution in [1.82, 2.24) is 24.8 Å². The fourth-order valence-electron chi connectivity index (χ4n) is 1.84. The van der Waals surface area contributed by atoms with Crippen LogP contribution in [0.25, 0.3) is 5.65 Å². The van der Waals surface area contributed by atoms with E-state index in [4.69, 9.17) is 0 Å². The number of anilines is 1. The predicted molar refractivity (Wildman–Crippen MR) is 69.9 cm³/mol. The Labute approximate surface area is 108 Å². The molecule has 0 aliphatic rings. The van der Waals surface area contributed by atoms with Crippen molar-refractivity contribution >= 4 is 11.5 Å². The number of nitrogens with zero attached hydrogens (tertiary/aromatic N) is 4. The molecule has 3 heterocycles. The molecule has 7 nitrogen and oxygen atoms in total. The molecule has 0 aliphatic heterocycles. The van der Waals surface area contributed by atoms with Gasteiger partial charge in [0.2, 0.25) is 0 Å². The van der Waals surface area contributed by atoms with E-state index in [-0.39, 0.29) is 11.7 Å². The molecule has 96 valence electrons. The number of aromatic amines is 1. The number of nitrogens with one attached hydrogen (secondary N) is 2. The summed E-state index contributed by atoms with van der Waals surface area (Å²) >= 11 is 0. The molecule has 3 aromatic rings.